The molecule has 2 aliphatic rings. The number of anilines is 1. The van der Waals surface area contributed by atoms with Crippen molar-refractivity contribution in [3.63, 3.8) is 0 Å². The fraction of sp³-hybridized carbons (Fsp3) is 0.276. The first-order valence-electron chi connectivity index (χ1n) is 11.8. The van der Waals surface area contributed by atoms with Crippen molar-refractivity contribution in [1.29, 1.82) is 0 Å². The summed E-state index contributed by atoms with van der Waals surface area (Å²) in [5.74, 6) is 1.36. The van der Waals surface area contributed by atoms with Crippen LogP contribution in [0.1, 0.15) is 37.0 Å². The fourth-order valence-electron chi connectivity index (χ4n) is 5.23. The van der Waals surface area contributed by atoms with Crippen LogP contribution in [0.2, 0.25) is 5.02 Å². The van der Waals surface area contributed by atoms with Gasteiger partial charge in [-0.15, -0.1) is 0 Å². The molecule has 5 rings (SSSR count). The lowest BCUT2D eigenvalue weighted by Gasteiger charge is -2.49. The standard InChI is InChI=1S/C29H29ClN2O3/c1-28(2)23-9-4-5-10-24(23)32-16-14-27(33)31-29(28,32)15-13-20-11-12-25(26(18-20)34-3)35-19-21-7-6-8-22(30)17-21/h4-13,15,17-18H,14,16,19H2,1-3H3,(H,31,33)/b15-13+. The number of rotatable bonds is 6. The minimum absolute atomic E-state index is 0.0640. The summed E-state index contributed by atoms with van der Waals surface area (Å²) >= 11 is 6.08. The third-order valence-corrected chi connectivity index (χ3v) is 7.36. The topological polar surface area (TPSA) is 50.8 Å². The van der Waals surface area contributed by atoms with Gasteiger partial charge in [-0.3, -0.25) is 4.79 Å². The third-order valence-electron chi connectivity index (χ3n) is 7.13. The van der Waals surface area contributed by atoms with Crippen LogP contribution in [0.5, 0.6) is 11.5 Å². The summed E-state index contributed by atoms with van der Waals surface area (Å²) in [4.78, 5) is 14.9. The monoisotopic (exact) mass is 488 g/mol. The number of hydrogen-bond donors (Lipinski definition) is 1. The number of para-hydroxylation sites is 1. The van der Waals surface area contributed by atoms with Crippen molar-refractivity contribution < 1.29 is 14.3 Å². The number of amides is 1. The number of hydrogen-bond acceptors (Lipinski definition) is 4. The quantitative estimate of drug-likeness (QED) is 0.465. The zero-order valence-electron chi connectivity index (χ0n) is 20.2. The summed E-state index contributed by atoms with van der Waals surface area (Å²) in [6.07, 6.45) is 4.65. The Hall–Kier alpha value is -3.44. The SMILES string of the molecule is COc1cc(/C=C/C23NC(=O)CCN2c2ccccc2C3(C)C)ccc1OCc1cccc(Cl)c1. The third kappa shape index (κ3) is 4.04. The van der Waals surface area contributed by atoms with Gasteiger partial charge >= 0.3 is 0 Å². The van der Waals surface area contributed by atoms with Gasteiger partial charge in [0.15, 0.2) is 11.5 Å². The molecule has 1 fully saturated rings. The van der Waals surface area contributed by atoms with Crippen LogP contribution < -0.4 is 19.7 Å². The van der Waals surface area contributed by atoms with Gasteiger partial charge in [-0.25, -0.2) is 0 Å². The highest BCUT2D eigenvalue weighted by atomic mass is 35.5. The molecule has 1 N–H and O–H groups in total. The number of fused-ring (bicyclic) bond motifs is 3. The number of carbonyl (C=O) groups is 1. The number of halogens is 1. The molecular weight excluding hydrogens is 460 g/mol. The van der Waals surface area contributed by atoms with E-state index in [0.717, 1.165) is 11.1 Å². The Morgan fingerprint density at radius 3 is 2.69 bits per heavy atom. The predicted octanol–water partition coefficient (Wildman–Crippen LogP) is 5.95. The van der Waals surface area contributed by atoms with Crippen molar-refractivity contribution in [1.82, 2.24) is 5.32 Å². The highest BCUT2D eigenvalue weighted by molar-refractivity contribution is 6.30. The summed E-state index contributed by atoms with van der Waals surface area (Å²) in [5.41, 5.74) is 3.37. The van der Waals surface area contributed by atoms with Crippen LogP contribution in [0.4, 0.5) is 5.69 Å². The lowest BCUT2D eigenvalue weighted by atomic mass is 9.74. The van der Waals surface area contributed by atoms with Gasteiger partial charge in [0, 0.05) is 29.1 Å². The lowest BCUT2D eigenvalue weighted by Crippen LogP contribution is -2.68. The van der Waals surface area contributed by atoms with E-state index in [-0.39, 0.29) is 11.3 Å². The van der Waals surface area contributed by atoms with E-state index in [2.05, 4.69) is 60.5 Å². The molecule has 0 radical (unpaired) electrons. The van der Waals surface area contributed by atoms with Gasteiger partial charge in [-0.05, 0) is 53.1 Å². The molecule has 180 valence electrons. The second-order valence-corrected chi connectivity index (χ2v) is 9.96. The molecule has 0 aliphatic carbocycles. The molecule has 0 saturated carbocycles. The number of ether oxygens (including phenoxy) is 2. The van der Waals surface area contributed by atoms with Crippen LogP contribution in [-0.2, 0) is 16.8 Å². The first-order chi connectivity index (χ1) is 16.8. The number of nitrogens with zero attached hydrogens (tertiary/aromatic N) is 1. The maximum absolute atomic E-state index is 12.6. The fourth-order valence-corrected chi connectivity index (χ4v) is 5.44. The Balaban J connectivity index is 1.44. The zero-order valence-corrected chi connectivity index (χ0v) is 20.9. The molecule has 5 nitrogen and oxygen atoms in total. The Labute approximate surface area is 211 Å². The molecule has 2 heterocycles. The van der Waals surface area contributed by atoms with Crippen LogP contribution in [0, 0.1) is 0 Å². The molecule has 35 heavy (non-hydrogen) atoms. The number of benzene rings is 3. The van der Waals surface area contributed by atoms with Gasteiger partial charge in [-0.2, -0.15) is 0 Å². The van der Waals surface area contributed by atoms with E-state index in [1.165, 1.54) is 11.3 Å². The molecule has 6 heteroatoms. The Morgan fingerprint density at radius 2 is 1.89 bits per heavy atom. The minimum atomic E-state index is -0.652. The number of carbonyl (C=O) groups excluding carboxylic acids is 1. The molecule has 2 aliphatic heterocycles. The largest absolute Gasteiger partial charge is 0.493 e. The van der Waals surface area contributed by atoms with Crippen molar-refractivity contribution in [3.05, 3.63) is 94.5 Å². The Bertz CT molecular complexity index is 1300. The van der Waals surface area contributed by atoms with E-state index in [4.69, 9.17) is 21.1 Å². The average Bonchev–Trinajstić information content (AvgIpc) is 3.05. The molecule has 1 unspecified atom stereocenters. The van der Waals surface area contributed by atoms with Gasteiger partial charge in [0.05, 0.1) is 7.11 Å². The zero-order chi connectivity index (χ0) is 24.6. The van der Waals surface area contributed by atoms with Crippen molar-refractivity contribution in [3.8, 4) is 11.5 Å². The first-order valence-corrected chi connectivity index (χ1v) is 12.1. The van der Waals surface area contributed by atoms with Crippen LogP contribution in [0.3, 0.4) is 0 Å². The second-order valence-electron chi connectivity index (χ2n) is 9.52. The summed E-state index contributed by atoms with van der Waals surface area (Å²) in [6.45, 7) is 5.45. The van der Waals surface area contributed by atoms with Crippen molar-refractivity contribution in [2.24, 2.45) is 0 Å². The molecule has 3 aromatic rings. The highest BCUT2D eigenvalue weighted by Gasteiger charge is 2.57. The van der Waals surface area contributed by atoms with E-state index in [1.54, 1.807) is 7.11 Å². The van der Waals surface area contributed by atoms with Gasteiger partial charge < -0.3 is 19.7 Å². The van der Waals surface area contributed by atoms with E-state index < -0.39 is 5.66 Å². The van der Waals surface area contributed by atoms with E-state index in [9.17, 15) is 4.79 Å². The highest BCUT2D eigenvalue weighted by Crippen LogP contribution is 2.52. The van der Waals surface area contributed by atoms with E-state index >= 15 is 0 Å². The van der Waals surface area contributed by atoms with Gasteiger partial charge in [0.1, 0.15) is 12.3 Å². The van der Waals surface area contributed by atoms with Crippen LogP contribution in [0.25, 0.3) is 6.08 Å². The van der Waals surface area contributed by atoms with Gasteiger partial charge in [-0.1, -0.05) is 67.9 Å². The molecule has 1 amide bonds. The van der Waals surface area contributed by atoms with Crippen LogP contribution in [0.15, 0.2) is 72.8 Å². The molecule has 0 bridgehead atoms. The van der Waals surface area contributed by atoms with E-state index in [1.807, 2.05) is 42.5 Å². The van der Waals surface area contributed by atoms with Crippen LogP contribution in [-0.4, -0.2) is 25.2 Å². The Kier molecular flexibility index (Phi) is 5.97. The number of methoxy groups -OCH3 is 1. The maximum Gasteiger partial charge on any atom is 0.223 e. The second kappa shape index (κ2) is 8.97. The molecule has 0 aromatic heterocycles. The van der Waals surface area contributed by atoms with Crippen molar-refractivity contribution in [2.75, 3.05) is 18.6 Å². The molecular formula is C29H29ClN2O3. The lowest BCUT2D eigenvalue weighted by molar-refractivity contribution is -0.124. The number of nitrogens with one attached hydrogen (secondary N) is 1. The summed E-state index contributed by atoms with van der Waals surface area (Å²) in [6, 6.07) is 21.9. The average molecular weight is 489 g/mol. The smallest absolute Gasteiger partial charge is 0.223 e. The van der Waals surface area contributed by atoms with Gasteiger partial charge in [0.2, 0.25) is 5.91 Å². The van der Waals surface area contributed by atoms with Gasteiger partial charge in [0.25, 0.3) is 0 Å². The molecule has 1 atom stereocenters. The normalized spacial score (nSPS) is 20.3. The Morgan fingerprint density at radius 1 is 1.06 bits per heavy atom. The summed E-state index contributed by atoms with van der Waals surface area (Å²) < 4.78 is 11.6. The molecule has 0 spiro atoms. The minimum Gasteiger partial charge on any atom is -0.493 e. The van der Waals surface area contributed by atoms with E-state index in [0.29, 0.717) is 36.1 Å². The van der Waals surface area contributed by atoms with Crippen molar-refractivity contribution >= 4 is 29.3 Å². The molecule has 1 saturated heterocycles. The van der Waals surface area contributed by atoms with Crippen LogP contribution >= 0.6 is 11.6 Å². The summed E-state index contributed by atoms with van der Waals surface area (Å²) in [7, 11) is 1.63. The first kappa shape index (κ1) is 23.3. The summed E-state index contributed by atoms with van der Waals surface area (Å²) in [5, 5.41) is 4.00. The van der Waals surface area contributed by atoms with Crippen molar-refractivity contribution in [2.45, 2.75) is 38.0 Å². The predicted molar refractivity (Wildman–Crippen MR) is 140 cm³/mol. The maximum atomic E-state index is 12.6. The molecule has 3 aromatic carbocycles.